The van der Waals surface area contributed by atoms with E-state index in [9.17, 15) is 0 Å². The smallest absolute Gasteiger partial charge is 0.144 e. The van der Waals surface area contributed by atoms with Gasteiger partial charge >= 0.3 is 0 Å². The molecule has 0 aliphatic rings. The van der Waals surface area contributed by atoms with Crippen molar-refractivity contribution >= 4 is 17.6 Å². The molecule has 2 N–H and O–H groups in total. The number of rotatable bonds is 8. The van der Waals surface area contributed by atoms with E-state index in [1.54, 1.807) is 18.0 Å². The highest BCUT2D eigenvalue weighted by atomic mass is 32.2. The molecule has 1 aromatic rings. The van der Waals surface area contributed by atoms with Crippen molar-refractivity contribution in [3.05, 3.63) is 18.1 Å². The quantitative estimate of drug-likeness (QED) is 0.745. The Morgan fingerprint density at radius 1 is 1.41 bits per heavy atom. The van der Waals surface area contributed by atoms with Gasteiger partial charge in [0, 0.05) is 18.9 Å². The minimum atomic E-state index is 0.249. The van der Waals surface area contributed by atoms with Crippen LogP contribution in [0.4, 0.5) is 5.82 Å². The fraction of sp³-hybridized carbons (Fsp3) is 0.667. The average Bonchev–Trinajstić information content (AvgIpc) is 2.37. The minimum absolute atomic E-state index is 0.249. The van der Waals surface area contributed by atoms with Crippen molar-refractivity contribution in [1.82, 2.24) is 9.97 Å². The van der Waals surface area contributed by atoms with E-state index < -0.39 is 0 Å². The summed E-state index contributed by atoms with van der Waals surface area (Å²) in [6.45, 7) is 5.33. The zero-order valence-corrected chi connectivity index (χ0v) is 11.3. The first-order valence-electron chi connectivity index (χ1n) is 5.99. The third-order valence-electron chi connectivity index (χ3n) is 2.23. The van der Waals surface area contributed by atoms with Crippen LogP contribution in [0.3, 0.4) is 0 Å². The largest absolute Gasteiger partial charge is 0.396 e. The zero-order valence-electron chi connectivity index (χ0n) is 10.5. The Morgan fingerprint density at radius 2 is 2.24 bits per heavy atom. The summed E-state index contributed by atoms with van der Waals surface area (Å²) < 4.78 is 0. The Morgan fingerprint density at radius 3 is 2.82 bits per heavy atom. The number of hydrogen-bond donors (Lipinski definition) is 2. The van der Waals surface area contributed by atoms with E-state index in [2.05, 4.69) is 22.2 Å². The van der Waals surface area contributed by atoms with Gasteiger partial charge in [-0.1, -0.05) is 13.8 Å². The van der Waals surface area contributed by atoms with Crippen molar-refractivity contribution in [2.45, 2.75) is 26.0 Å². The van der Waals surface area contributed by atoms with Crippen LogP contribution in [0, 0.1) is 5.92 Å². The van der Waals surface area contributed by atoms with Crippen molar-refractivity contribution < 1.29 is 5.11 Å². The van der Waals surface area contributed by atoms with Crippen LogP contribution in [0.5, 0.6) is 0 Å². The number of nitrogens with zero attached hydrogens (tertiary/aromatic N) is 2. The first kappa shape index (κ1) is 14.3. The van der Waals surface area contributed by atoms with Gasteiger partial charge in [-0.2, -0.15) is 11.8 Å². The predicted octanol–water partition coefficient (Wildman–Crippen LogP) is 2.16. The van der Waals surface area contributed by atoms with E-state index in [-0.39, 0.29) is 6.61 Å². The fourth-order valence-electron chi connectivity index (χ4n) is 1.19. The molecule has 0 amide bonds. The normalized spacial score (nSPS) is 12.4. The summed E-state index contributed by atoms with van der Waals surface area (Å²) in [5.74, 6) is 2.99. The lowest BCUT2D eigenvalue weighted by molar-refractivity contribution is 0.250. The molecule has 96 valence electrons. The molecule has 1 heterocycles. The van der Waals surface area contributed by atoms with Crippen LogP contribution < -0.4 is 5.32 Å². The van der Waals surface area contributed by atoms with Crippen LogP contribution in [0.1, 0.15) is 26.0 Å². The van der Waals surface area contributed by atoms with Gasteiger partial charge in [-0.15, -0.1) is 0 Å². The van der Waals surface area contributed by atoms with Crippen LogP contribution in [0.2, 0.25) is 0 Å². The molecule has 4 nitrogen and oxygen atoms in total. The van der Waals surface area contributed by atoms with Gasteiger partial charge in [0.15, 0.2) is 0 Å². The number of aliphatic hydroxyl groups is 1. The third kappa shape index (κ3) is 5.89. The van der Waals surface area contributed by atoms with E-state index in [0.717, 1.165) is 36.0 Å². The maximum atomic E-state index is 8.90. The van der Waals surface area contributed by atoms with Gasteiger partial charge in [0.1, 0.15) is 5.82 Å². The molecule has 0 saturated heterocycles. The summed E-state index contributed by atoms with van der Waals surface area (Å²) in [7, 11) is 0. The molecule has 0 bridgehead atoms. The van der Waals surface area contributed by atoms with Crippen molar-refractivity contribution in [3.63, 3.8) is 0 Å². The summed E-state index contributed by atoms with van der Waals surface area (Å²) in [6.07, 6.45) is 4.67. The summed E-state index contributed by atoms with van der Waals surface area (Å²) >= 11 is 1.78. The number of thioether (sulfide) groups is 1. The molecule has 1 atom stereocenters. The van der Waals surface area contributed by atoms with E-state index in [4.69, 9.17) is 5.11 Å². The molecular weight excluding hydrogens is 234 g/mol. The minimum Gasteiger partial charge on any atom is -0.396 e. The summed E-state index contributed by atoms with van der Waals surface area (Å²) in [5.41, 5.74) is 0.988. The lowest BCUT2D eigenvalue weighted by Crippen LogP contribution is -2.05. The summed E-state index contributed by atoms with van der Waals surface area (Å²) in [5, 5.41) is 12.1. The second-order valence-corrected chi connectivity index (χ2v) is 5.15. The molecule has 5 heteroatoms. The highest BCUT2D eigenvalue weighted by Gasteiger charge is 2.02. The molecule has 1 unspecified atom stereocenters. The molecule has 0 fully saturated rings. The molecule has 1 aromatic heterocycles. The first-order valence-corrected chi connectivity index (χ1v) is 7.15. The standard InChI is InChI=1S/C12H21N3OS/c1-3-4-13-12-6-14-11(5-15-12)9-17-8-10(2)7-16/h5-6,10,16H,3-4,7-9H2,1-2H3,(H,13,15). The fourth-order valence-corrected chi connectivity index (χ4v) is 2.17. The summed E-state index contributed by atoms with van der Waals surface area (Å²) in [4.78, 5) is 8.64. The van der Waals surface area contributed by atoms with E-state index in [0.29, 0.717) is 5.92 Å². The Bertz CT molecular complexity index is 305. The van der Waals surface area contributed by atoms with Crippen LogP contribution >= 0.6 is 11.8 Å². The van der Waals surface area contributed by atoms with Crippen LogP contribution in [0.25, 0.3) is 0 Å². The van der Waals surface area contributed by atoms with Gasteiger partial charge < -0.3 is 10.4 Å². The van der Waals surface area contributed by atoms with Crippen molar-refractivity contribution in [2.24, 2.45) is 5.92 Å². The third-order valence-corrected chi connectivity index (χ3v) is 3.53. The molecule has 0 radical (unpaired) electrons. The van der Waals surface area contributed by atoms with Crippen molar-refractivity contribution in [2.75, 3.05) is 24.2 Å². The number of nitrogens with one attached hydrogen (secondary N) is 1. The highest BCUT2D eigenvalue weighted by molar-refractivity contribution is 7.98. The predicted molar refractivity (Wildman–Crippen MR) is 73.2 cm³/mol. The SMILES string of the molecule is CCCNc1cnc(CSCC(C)CO)cn1. The molecule has 0 spiro atoms. The van der Waals surface area contributed by atoms with Gasteiger partial charge in [-0.25, -0.2) is 4.98 Å². The number of anilines is 1. The Hall–Kier alpha value is -0.810. The second-order valence-electron chi connectivity index (χ2n) is 4.12. The molecule has 0 aliphatic heterocycles. The Kier molecular flexibility index (Phi) is 6.96. The van der Waals surface area contributed by atoms with Crippen LogP contribution in [-0.4, -0.2) is 34.0 Å². The molecule has 0 aliphatic carbocycles. The van der Waals surface area contributed by atoms with Gasteiger partial charge in [-0.3, -0.25) is 4.98 Å². The lowest BCUT2D eigenvalue weighted by Gasteiger charge is -2.07. The van der Waals surface area contributed by atoms with E-state index in [1.807, 2.05) is 13.1 Å². The van der Waals surface area contributed by atoms with Crippen LogP contribution in [0.15, 0.2) is 12.4 Å². The molecule has 0 aromatic carbocycles. The number of aliphatic hydroxyl groups excluding tert-OH is 1. The van der Waals surface area contributed by atoms with Gasteiger partial charge in [0.05, 0.1) is 18.1 Å². The molecular formula is C12H21N3OS. The van der Waals surface area contributed by atoms with Crippen LogP contribution in [-0.2, 0) is 5.75 Å². The monoisotopic (exact) mass is 255 g/mol. The van der Waals surface area contributed by atoms with Crippen molar-refractivity contribution in [1.29, 1.82) is 0 Å². The first-order chi connectivity index (χ1) is 8.26. The lowest BCUT2D eigenvalue weighted by atomic mass is 10.2. The zero-order chi connectivity index (χ0) is 12.5. The molecule has 0 saturated carbocycles. The van der Waals surface area contributed by atoms with Gasteiger partial charge in [-0.05, 0) is 18.1 Å². The maximum absolute atomic E-state index is 8.90. The van der Waals surface area contributed by atoms with Gasteiger partial charge in [0.25, 0.3) is 0 Å². The maximum Gasteiger partial charge on any atom is 0.144 e. The topological polar surface area (TPSA) is 58.0 Å². The molecule has 1 rings (SSSR count). The summed E-state index contributed by atoms with van der Waals surface area (Å²) in [6, 6.07) is 0. The second kappa shape index (κ2) is 8.31. The Labute approximate surface area is 107 Å². The van der Waals surface area contributed by atoms with E-state index in [1.165, 1.54) is 0 Å². The average molecular weight is 255 g/mol. The van der Waals surface area contributed by atoms with Gasteiger partial charge in [0.2, 0.25) is 0 Å². The number of hydrogen-bond acceptors (Lipinski definition) is 5. The van der Waals surface area contributed by atoms with E-state index >= 15 is 0 Å². The highest BCUT2D eigenvalue weighted by Crippen LogP contribution is 2.13. The molecule has 17 heavy (non-hydrogen) atoms. The Balaban J connectivity index is 2.30. The van der Waals surface area contributed by atoms with Crippen molar-refractivity contribution in [3.8, 4) is 0 Å². The number of aromatic nitrogens is 2.